The highest BCUT2D eigenvalue weighted by Crippen LogP contribution is 2.41. The molecule has 2 aromatic rings. The van der Waals surface area contributed by atoms with Gasteiger partial charge in [-0.1, -0.05) is 60.7 Å². The van der Waals surface area contributed by atoms with Crippen LogP contribution in [0.15, 0.2) is 60.7 Å². The Hall–Kier alpha value is -1.68. The number of piperidine rings is 1. The molecule has 0 saturated carbocycles. The molecule has 2 aromatic carbocycles. The lowest BCUT2D eigenvalue weighted by molar-refractivity contribution is 0.173. The van der Waals surface area contributed by atoms with Gasteiger partial charge in [0.25, 0.3) is 0 Å². The van der Waals surface area contributed by atoms with Gasteiger partial charge >= 0.3 is 0 Å². The summed E-state index contributed by atoms with van der Waals surface area (Å²) < 4.78 is 0. The second-order valence-electron chi connectivity index (χ2n) is 7.64. The molecular weight excluding hydrogens is 318 g/mol. The van der Waals surface area contributed by atoms with Gasteiger partial charge in [0.2, 0.25) is 0 Å². The van der Waals surface area contributed by atoms with E-state index in [-0.39, 0.29) is 11.5 Å². The zero-order valence-electron chi connectivity index (χ0n) is 15.8. The van der Waals surface area contributed by atoms with Crippen molar-refractivity contribution < 1.29 is 0 Å². The molecule has 0 aliphatic carbocycles. The third-order valence-corrected chi connectivity index (χ3v) is 5.96. The van der Waals surface area contributed by atoms with E-state index < -0.39 is 0 Å². The number of hydrogen-bond donors (Lipinski definition) is 2. The van der Waals surface area contributed by atoms with Crippen LogP contribution >= 0.6 is 0 Å². The Morgan fingerprint density at radius 1 is 0.846 bits per heavy atom. The van der Waals surface area contributed by atoms with Crippen molar-refractivity contribution in [3.8, 4) is 0 Å². The van der Waals surface area contributed by atoms with Crippen molar-refractivity contribution in [3.63, 3.8) is 0 Å². The van der Waals surface area contributed by atoms with Crippen molar-refractivity contribution in [3.05, 3.63) is 71.8 Å². The highest BCUT2D eigenvalue weighted by molar-refractivity contribution is 5.40. The van der Waals surface area contributed by atoms with Crippen molar-refractivity contribution in [2.45, 2.75) is 43.6 Å². The highest BCUT2D eigenvalue weighted by Gasteiger charge is 2.37. The lowest BCUT2D eigenvalue weighted by atomic mass is 9.68. The first kappa shape index (κ1) is 19.1. The van der Waals surface area contributed by atoms with E-state index in [1.807, 2.05) is 0 Å². The summed E-state index contributed by atoms with van der Waals surface area (Å²) in [4.78, 5) is 2.59. The second-order valence-corrected chi connectivity index (χ2v) is 7.64. The van der Waals surface area contributed by atoms with Gasteiger partial charge in [-0.3, -0.25) is 0 Å². The standard InChI is InChI=1S/C23H33N3/c24-16-7-12-22(25)13-17-26-18-14-23(15-19-26,20-8-3-1-4-9-20)21-10-5-2-6-11-21/h1-6,8-11,22H,7,12-19,24-25H2. The Kier molecular flexibility index (Phi) is 6.84. The molecule has 26 heavy (non-hydrogen) atoms. The van der Waals surface area contributed by atoms with Crippen LogP contribution in [0.2, 0.25) is 0 Å². The van der Waals surface area contributed by atoms with E-state index >= 15 is 0 Å². The zero-order chi connectivity index (χ0) is 18.2. The van der Waals surface area contributed by atoms with Gasteiger partial charge in [0.05, 0.1) is 0 Å². The quantitative estimate of drug-likeness (QED) is 0.765. The molecule has 1 atom stereocenters. The number of rotatable bonds is 8. The number of nitrogens with zero attached hydrogens (tertiary/aromatic N) is 1. The van der Waals surface area contributed by atoms with Gasteiger partial charge in [0.1, 0.15) is 0 Å². The Balaban J connectivity index is 1.67. The fourth-order valence-corrected chi connectivity index (χ4v) is 4.29. The van der Waals surface area contributed by atoms with Gasteiger partial charge in [-0.25, -0.2) is 0 Å². The van der Waals surface area contributed by atoms with E-state index in [1.165, 1.54) is 24.0 Å². The Bertz CT molecular complexity index is 592. The normalized spacial score (nSPS) is 18.5. The van der Waals surface area contributed by atoms with Crippen molar-refractivity contribution in [2.75, 3.05) is 26.2 Å². The molecule has 1 unspecified atom stereocenters. The number of nitrogens with two attached hydrogens (primary N) is 2. The fraction of sp³-hybridized carbons (Fsp3) is 0.478. The van der Waals surface area contributed by atoms with Crippen LogP contribution in [-0.4, -0.2) is 37.1 Å². The molecule has 3 rings (SSSR count). The molecule has 140 valence electrons. The van der Waals surface area contributed by atoms with Crippen molar-refractivity contribution in [2.24, 2.45) is 11.5 Å². The smallest absolute Gasteiger partial charge is 0.0227 e. The molecule has 1 fully saturated rings. The Morgan fingerprint density at radius 3 is 1.88 bits per heavy atom. The molecule has 4 N–H and O–H groups in total. The molecule has 1 aliphatic heterocycles. The maximum atomic E-state index is 6.23. The van der Waals surface area contributed by atoms with Gasteiger partial charge < -0.3 is 16.4 Å². The van der Waals surface area contributed by atoms with Gasteiger partial charge in [0, 0.05) is 11.5 Å². The second kappa shape index (κ2) is 9.31. The molecule has 1 heterocycles. The zero-order valence-corrected chi connectivity index (χ0v) is 15.8. The van der Waals surface area contributed by atoms with Crippen molar-refractivity contribution in [1.29, 1.82) is 0 Å². The third-order valence-electron chi connectivity index (χ3n) is 5.96. The summed E-state index contributed by atoms with van der Waals surface area (Å²) >= 11 is 0. The average Bonchev–Trinajstić information content (AvgIpc) is 2.72. The van der Waals surface area contributed by atoms with Crippen LogP contribution in [0, 0.1) is 0 Å². The van der Waals surface area contributed by atoms with E-state index in [4.69, 9.17) is 11.5 Å². The maximum absolute atomic E-state index is 6.23. The van der Waals surface area contributed by atoms with E-state index in [0.717, 1.165) is 45.4 Å². The van der Waals surface area contributed by atoms with E-state index in [9.17, 15) is 0 Å². The fourth-order valence-electron chi connectivity index (χ4n) is 4.29. The van der Waals surface area contributed by atoms with Crippen LogP contribution in [0.4, 0.5) is 0 Å². The minimum Gasteiger partial charge on any atom is -0.330 e. The number of benzene rings is 2. The van der Waals surface area contributed by atoms with E-state index in [1.54, 1.807) is 0 Å². The summed E-state index contributed by atoms with van der Waals surface area (Å²) in [6.07, 6.45) is 5.48. The number of likely N-dealkylation sites (tertiary alicyclic amines) is 1. The molecule has 1 aliphatic rings. The van der Waals surface area contributed by atoms with Crippen molar-refractivity contribution >= 4 is 0 Å². The summed E-state index contributed by atoms with van der Waals surface area (Å²) in [6.45, 7) is 4.11. The topological polar surface area (TPSA) is 55.3 Å². The first-order valence-corrected chi connectivity index (χ1v) is 10.0. The van der Waals surface area contributed by atoms with Gasteiger partial charge in [0.15, 0.2) is 0 Å². The molecule has 0 spiro atoms. The first-order valence-electron chi connectivity index (χ1n) is 10.0. The summed E-state index contributed by atoms with van der Waals surface area (Å²) in [7, 11) is 0. The predicted molar refractivity (Wildman–Crippen MR) is 110 cm³/mol. The van der Waals surface area contributed by atoms with Crippen molar-refractivity contribution in [1.82, 2.24) is 4.90 Å². The summed E-state index contributed by atoms with van der Waals surface area (Å²) in [6, 6.07) is 22.4. The SMILES string of the molecule is NCCCC(N)CCN1CCC(c2ccccc2)(c2ccccc2)CC1. The molecule has 0 bridgehead atoms. The van der Waals surface area contributed by atoms with Gasteiger partial charge in [-0.15, -0.1) is 0 Å². The molecule has 3 nitrogen and oxygen atoms in total. The maximum Gasteiger partial charge on any atom is 0.0227 e. The Morgan fingerprint density at radius 2 is 1.38 bits per heavy atom. The van der Waals surface area contributed by atoms with Gasteiger partial charge in [-0.05, 0) is 69.4 Å². The third kappa shape index (κ3) is 4.53. The summed E-state index contributed by atoms with van der Waals surface area (Å²) in [5, 5.41) is 0. The van der Waals surface area contributed by atoms with Crippen LogP contribution in [-0.2, 0) is 5.41 Å². The number of hydrogen-bond acceptors (Lipinski definition) is 3. The molecule has 0 aromatic heterocycles. The molecule has 0 radical (unpaired) electrons. The van der Waals surface area contributed by atoms with Crippen LogP contribution in [0.3, 0.4) is 0 Å². The highest BCUT2D eigenvalue weighted by atomic mass is 15.1. The summed E-state index contributed by atoms with van der Waals surface area (Å²) in [5.41, 5.74) is 14.9. The molecular formula is C23H33N3. The lowest BCUT2D eigenvalue weighted by Gasteiger charge is -2.43. The minimum atomic E-state index is 0.140. The van der Waals surface area contributed by atoms with E-state index in [0.29, 0.717) is 0 Å². The molecule has 1 saturated heterocycles. The summed E-state index contributed by atoms with van der Waals surface area (Å²) in [5.74, 6) is 0. The Labute approximate surface area is 158 Å². The van der Waals surface area contributed by atoms with Crippen LogP contribution in [0.1, 0.15) is 43.2 Å². The largest absolute Gasteiger partial charge is 0.330 e. The lowest BCUT2D eigenvalue weighted by Crippen LogP contribution is -2.44. The van der Waals surface area contributed by atoms with E-state index in [2.05, 4.69) is 65.6 Å². The minimum absolute atomic E-state index is 0.140. The van der Waals surface area contributed by atoms with Gasteiger partial charge in [-0.2, -0.15) is 0 Å². The molecule has 0 amide bonds. The first-order chi connectivity index (χ1) is 12.7. The molecule has 3 heteroatoms. The average molecular weight is 352 g/mol. The van der Waals surface area contributed by atoms with Crippen LogP contribution in [0.5, 0.6) is 0 Å². The predicted octanol–water partition coefficient (Wildman–Crippen LogP) is 3.52. The monoisotopic (exact) mass is 351 g/mol. The van der Waals surface area contributed by atoms with Crippen LogP contribution in [0.25, 0.3) is 0 Å². The van der Waals surface area contributed by atoms with Crippen LogP contribution < -0.4 is 11.5 Å².